The van der Waals surface area contributed by atoms with Crippen LogP contribution < -0.4 is 5.32 Å². The molecule has 0 aromatic heterocycles. The third kappa shape index (κ3) is 5.74. The summed E-state index contributed by atoms with van der Waals surface area (Å²) in [6.45, 7) is 2.27. The SMILES string of the molecule is CCNC(=O)CS(=O)CCC(=O)c1ccc(F)cc1. The summed E-state index contributed by atoms with van der Waals surface area (Å²) < 4.78 is 24.2. The van der Waals surface area contributed by atoms with E-state index in [2.05, 4.69) is 5.32 Å². The number of nitrogens with one attached hydrogen (secondary N) is 1. The number of amides is 1. The van der Waals surface area contributed by atoms with Crippen LogP contribution in [0.15, 0.2) is 24.3 Å². The van der Waals surface area contributed by atoms with E-state index in [1.54, 1.807) is 6.92 Å². The predicted molar refractivity (Wildman–Crippen MR) is 71.9 cm³/mol. The first-order valence-electron chi connectivity index (χ1n) is 5.93. The molecule has 1 rings (SSSR count). The average molecular weight is 285 g/mol. The maximum atomic E-state index is 12.7. The number of rotatable bonds is 7. The molecule has 0 aliphatic heterocycles. The minimum absolute atomic E-state index is 0.0810. The molecule has 1 aromatic carbocycles. The minimum atomic E-state index is -1.36. The van der Waals surface area contributed by atoms with Gasteiger partial charge in [-0.15, -0.1) is 0 Å². The lowest BCUT2D eigenvalue weighted by molar-refractivity contribution is -0.118. The van der Waals surface area contributed by atoms with Gasteiger partial charge in [-0.1, -0.05) is 0 Å². The molecule has 0 saturated heterocycles. The number of carbonyl (C=O) groups excluding carboxylic acids is 2. The zero-order valence-corrected chi connectivity index (χ0v) is 11.5. The second-order valence-corrected chi connectivity index (χ2v) is 5.50. The van der Waals surface area contributed by atoms with Crippen molar-refractivity contribution in [3.05, 3.63) is 35.6 Å². The van der Waals surface area contributed by atoms with Crippen molar-refractivity contribution in [2.45, 2.75) is 13.3 Å². The molecule has 0 saturated carbocycles. The maximum Gasteiger partial charge on any atom is 0.232 e. The number of benzene rings is 1. The van der Waals surface area contributed by atoms with Crippen LogP contribution in [-0.2, 0) is 15.6 Å². The zero-order valence-electron chi connectivity index (χ0n) is 10.6. The highest BCUT2D eigenvalue weighted by Crippen LogP contribution is 2.06. The summed E-state index contributed by atoms with van der Waals surface area (Å²) in [5.74, 6) is -0.853. The van der Waals surface area contributed by atoms with E-state index in [-0.39, 0.29) is 29.6 Å². The van der Waals surface area contributed by atoms with Gasteiger partial charge in [-0.05, 0) is 31.2 Å². The lowest BCUT2D eigenvalue weighted by atomic mass is 10.1. The van der Waals surface area contributed by atoms with Gasteiger partial charge in [0.15, 0.2) is 5.78 Å². The molecule has 0 bridgehead atoms. The smallest absolute Gasteiger partial charge is 0.232 e. The topological polar surface area (TPSA) is 63.2 Å². The lowest BCUT2D eigenvalue weighted by Gasteiger charge is -2.03. The van der Waals surface area contributed by atoms with Crippen LogP contribution in [0, 0.1) is 5.82 Å². The van der Waals surface area contributed by atoms with Gasteiger partial charge in [0, 0.05) is 35.1 Å². The molecule has 1 aromatic rings. The first-order valence-corrected chi connectivity index (χ1v) is 7.42. The second-order valence-electron chi connectivity index (χ2n) is 3.92. The second kappa shape index (κ2) is 7.78. The first-order chi connectivity index (χ1) is 9.02. The van der Waals surface area contributed by atoms with E-state index >= 15 is 0 Å². The summed E-state index contributed by atoms with van der Waals surface area (Å²) in [6.07, 6.45) is 0.0810. The molecule has 4 nitrogen and oxygen atoms in total. The maximum absolute atomic E-state index is 12.7. The van der Waals surface area contributed by atoms with E-state index in [9.17, 15) is 18.2 Å². The molecule has 0 spiro atoms. The molecule has 104 valence electrons. The van der Waals surface area contributed by atoms with Crippen molar-refractivity contribution in [2.75, 3.05) is 18.1 Å². The highest BCUT2D eigenvalue weighted by Gasteiger charge is 2.11. The summed E-state index contributed by atoms with van der Waals surface area (Å²) in [6, 6.07) is 5.20. The third-order valence-corrected chi connectivity index (χ3v) is 3.63. The van der Waals surface area contributed by atoms with Crippen LogP contribution in [0.5, 0.6) is 0 Å². The highest BCUT2D eigenvalue weighted by molar-refractivity contribution is 7.85. The van der Waals surface area contributed by atoms with Crippen molar-refractivity contribution in [1.82, 2.24) is 5.32 Å². The van der Waals surface area contributed by atoms with E-state index in [0.29, 0.717) is 12.1 Å². The molecule has 1 unspecified atom stereocenters. The van der Waals surface area contributed by atoms with Crippen molar-refractivity contribution in [3.8, 4) is 0 Å². The third-order valence-electron chi connectivity index (χ3n) is 2.39. The largest absolute Gasteiger partial charge is 0.356 e. The highest BCUT2D eigenvalue weighted by atomic mass is 32.2. The Hall–Kier alpha value is -1.56. The molecule has 6 heteroatoms. The van der Waals surface area contributed by atoms with Crippen molar-refractivity contribution in [1.29, 1.82) is 0 Å². The molecule has 0 radical (unpaired) electrons. The Balaban J connectivity index is 2.40. The quantitative estimate of drug-likeness (QED) is 0.768. The normalized spacial score (nSPS) is 11.9. The van der Waals surface area contributed by atoms with Gasteiger partial charge in [-0.25, -0.2) is 4.39 Å². The van der Waals surface area contributed by atoms with E-state index in [4.69, 9.17) is 0 Å². The number of Topliss-reactive ketones (excluding diaryl/α,β-unsaturated/α-hetero) is 1. The Morgan fingerprint density at radius 2 is 1.89 bits per heavy atom. The van der Waals surface area contributed by atoms with E-state index in [1.807, 2.05) is 0 Å². The van der Waals surface area contributed by atoms with Crippen molar-refractivity contribution < 1.29 is 18.2 Å². The Kier molecular flexibility index (Phi) is 6.35. The fraction of sp³-hybridized carbons (Fsp3) is 0.385. The van der Waals surface area contributed by atoms with Gasteiger partial charge in [-0.3, -0.25) is 13.8 Å². The van der Waals surface area contributed by atoms with Crippen molar-refractivity contribution in [2.24, 2.45) is 0 Å². The first kappa shape index (κ1) is 15.5. The summed E-state index contributed by atoms with van der Waals surface area (Å²) in [5.41, 5.74) is 0.386. The van der Waals surface area contributed by atoms with Crippen LogP contribution in [0.4, 0.5) is 4.39 Å². The van der Waals surface area contributed by atoms with Gasteiger partial charge in [0.2, 0.25) is 5.91 Å². The number of ketones is 1. The van der Waals surface area contributed by atoms with E-state index in [0.717, 1.165) is 0 Å². The van der Waals surface area contributed by atoms with Crippen LogP contribution in [-0.4, -0.2) is 33.9 Å². The van der Waals surface area contributed by atoms with Crippen molar-refractivity contribution >= 4 is 22.5 Å². The van der Waals surface area contributed by atoms with Crippen LogP contribution in [0.25, 0.3) is 0 Å². The van der Waals surface area contributed by atoms with Gasteiger partial charge >= 0.3 is 0 Å². The van der Waals surface area contributed by atoms with Gasteiger partial charge < -0.3 is 5.32 Å². The summed E-state index contributed by atoms with van der Waals surface area (Å²) in [7, 11) is -1.36. The minimum Gasteiger partial charge on any atom is -0.356 e. The standard InChI is InChI=1S/C13H16FNO3S/c1-2-15-13(17)9-19(18)8-7-12(16)10-3-5-11(14)6-4-10/h3-6H,2,7-9H2,1H3,(H,15,17). The molecule has 1 amide bonds. The van der Waals surface area contributed by atoms with E-state index in [1.165, 1.54) is 24.3 Å². The monoisotopic (exact) mass is 285 g/mol. The molecule has 0 aliphatic rings. The van der Waals surface area contributed by atoms with Crippen LogP contribution in [0.1, 0.15) is 23.7 Å². The van der Waals surface area contributed by atoms with Gasteiger partial charge in [0.25, 0.3) is 0 Å². The molecule has 19 heavy (non-hydrogen) atoms. The summed E-state index contributed by atoms with van der Waals surface area (Å²) >= 11 is 0. The average Bonchev–Trinajstić information content (AvgIpc) is 2.37. The van der Waals surface area contributed by atoms with Crippen molar-refractivity contribution in [3.63, 3.8) is 0 Å². The predicted octanol–water partition coefficient (Wildman–Crippen LogP) is 1.28. The molecular formula is C13H16FNO3S. The Morgan fingerprint density at radius 3 is 2.47 bits per heavy atom. The number of hydrogen-bond acceptors (Lipinski definition) is 3. The summed E-state index contributed by atoms with van der Waals surface area (Å²) in [5, 5.41) is 2.54. The van der Waals surface area contributed by atoms with Gasteiger partial charge in [0.1, 0.15) is 11.6 Å². The fourth-order valence-corrected chi connectivity index (χ4v) is 2.41. The molecule has 0 fully saturated rings. The molecule has 0 aliphatic carbocycles. The fourth-order valence-electron chi connectivity index (χ4n) is 1.45. The van der Waals surface area contributed by atoms with Crippen LogP contribution in [0.3, 0.4) is 0 Å². The molecule has 1 N–H and O–H groups in total. The van der Waals surface area contributed by atoms with Crippen LogP contribution in [0.2, 0.25) is 0 Å². The Labute approximate surface area is 113 Å². The number of carbonyl (C=O) groups is 2. The van der Waals surface area contributed by atoms with E-state index < -0.39 is 16.6 Å². The Morgan fingerprint density at radius 1 is 1.26 bits per heavy atom. The molecular weight excluding hydrogens is 269 g/mol. The zero-order chi connectivity index (χ0) is 14.3. The number of hydrogen-bond donors (Lipinski definition) is 1. The van der Waals surface area contributed by atoms with Crippen LogP contribution >= 0.6 is 0 Å². The van der Waals surface area contributed by atoms with Gasteiger partial charge in [-0.2, -0.15) is 0 Å². The molecule has 1 atom stereocenters. The lowest BCUT2D eigenvalue weighted by Crippen LogP contribution is -2.28. The van der Waals surface area contributed by atoms with Gasteiger partial charge in [0.05, 0.1) is 0 Å². The summed E-state index contributed by atoms with van der Waals surface area (Å²) in [4.78, 5) is 22.9. The number of halogens is 1. The Bertz CT molecular complexity index is 473. The molecule has 0 heterocycles.